The highest BCUT2D eigenvalue weighted by atomic mass is 16.5. The van der Waals surface area contributed by atoms with E-state index in [9.17, 15) is 4.79 Å². The molecular weight excluding hydrogens is 450 g/mol. The van der Waals surface area contributed by atoms with Crippen molar-refractivity contribution in [2.24, 2.45) is 0 Å². The highest BCUT2D eigenvalue weighted by molar-refractivity contribution is 5.95. The number of rotatable bonds is 11. The molecule has 186 valence electrons. The average molecular weight is 482 g/mol. The van der Waals surface area contributed by atoms with E-state index in [2.05, 4.69) is 0 Å². The molecule has 3 rings (SSSR count). The van der Waals surface area contributed by atoms with Crippen LogP contribution in [0.1, 0.15) is 21.5 Å². The molecular formula is C27H31NO7. The molecule has 0 aliphatic heterocycles. The molecule has 0 heterocycles. The maximum Gasteiger partial charge on any atom is 0.254 e. The van der Waals surface area contributed by atoms with Crippen molar-refractivity contribution in [3.05, 3.63) is 71.3 Å². The molecule has 0 saturated carbocycles. The molecule has 35 heavy (non-hydrogen) atoms. The first-order valence-corrected chi connectivity index (χ1v) is 10.9. The van der Waals surface area contributed by atoms with Gasteiger partial charge in [-0.15, -0.1) is 0 Å². The Balaban J connectivity index is 2.05. The summed E-state index contributed by atoms with van der Waals surface area (Å²) in [5, 5.41) is 0. The van der Waals surface area contributed by atoms with Gasteiger partial charge in [0.25, 0.3) is 5.91 Å². The fourth-order valence-electron chi connectivity index (χ4n) is 3.84. The van der Waals surface area contributed by atoms with E-state index < -0.39 is 0 Å². The van der Waals surface area contributed by atoms with E-state index in [-0.39, 0.29) is 5.91 Å². The van der Waals surface area contributed by atoms with Crippen LogP contribution in [0, 0.1) is 0 Å². The minimum atomic E-state index is -0.207. The van der Waals surface area contributed by atoms with Crippen molar-refractivity contribution in [2.75, 3.05) is 42.7 Å². The third-order valence-corrected chi connectivity index (χ3v) is 5.51. The van der Waals surface area contributed by atoms with E-state index in [0.29, 0.717) is 53.2 Å². The number of benzene rings is 3. The fourth-order valence-corrected chi connectivity index (χ4v) is 3.84. The summed E-state index contributed by atoms with van der Waals surface area (Å²) in [4.78, 5) is 15.5. The van der Waals surface area contributed by atoms with E-state index in [1.807, 2.05) is 42.5 Å². The van der Waals surface area contributed by atoms with Gasteiger partial charge in [0.1, 0.15) is 0 Å². The van der Waals surface area contributed by atoms with Gasteiger partial charge in [0.05, 0.1) is 42.7 Å². The Bertz CT molecular complexity index is 1100. The molecule has 8 heteroatoms. The summed E-state index contributed by atoms with van der Waals surface area (Å²) < 4.78 is 32.7. The van der Waals surface area contributed by atoms with Crippen molar-refractivity contribution >= 4 is 5.91 Å². The zero-order valence-corrected chi connectivity index (χ0v) is 20.9. The van der Waals surface area contributed by atoms with Gasteiger partial charge in [-0.3, -0.25) is 4.79 Å². The van der Waals surface area contributed by atoms with Crippen molar-refractivity contribution in [1.82, 2.24) is 4.90 Å². The van der Waals surface area contributed by atoms with E-state index in [1.54, 1.807) is 38.4 Å². The lowest BCUT2D eigenvalue weighted by atomic mass is 10.1. The van der Waals surface area contributed by atoms with Crippen LogP contribution in [0.3, 0.4) is 0 Å². The fraction of sp³-hybridized carbons (Fsp3) is 0.296. The van der Waals surface area contributed by atoms with E-state index >= 15 is 0 Å². The lowest BCUT2D eigenvalue weighted by Gasteiger charge is -2.25. The van der Waals surface area contributed by atoms with Gasteiger partial charge >= 0.3 is 0 Å². The van der Waals surface area contributed by atoms with Gasteiger partial charge in [0.2, 0.25) is 11.5 Å². The number of methoxy groups -OCH3 is 6. The number of carbonyl (C=O) groups excluding carboxylic acids is 1. The molecule has 3 aromatic carbocycles. The maximum atomic E-state index is 13.8. The van der Waals surface area contributed by atoms with Gasteiger partial charge in [0, 0.05) is 18.7 Å². The third-order valence-electron chi connectivity index (χ3n) is 5.51. The summed E-state index contributed by atoms with van der Waals surface area (Å²) in [5.74, 6) is 2.55. The normalized spacial score (nSPS) is 10.3. The minimum absolute atomic E-state index is 0.207. The Morgan fingerprint density at radius 3 is 1.46 bits per heavy atom. The van der Waals surface area contributed by atoms with E-state index in [1.165, 1.54) is 21.3 Å². The number of hydrogen-bond acceptors (Lipinski definition) is 7. The Labute approximate surface area is 205 Å². The Kier molecular flexibility index (Phi) is 8.67. The quantitative estimate of drug-likeness (QED) is 0.397. The molecule has 0 N–H and O–H groups in total. The predicted octanol–water partition coefficient (Wildman–Crippen LogP) is 4.58. The van der Waals surface area contributed by atoms with Crippen LogP contribution in [-0.2, 0) is 13.1 Å². The third kappa shape index (κ3) is 5.71. The molecule has 0 spiro atoms. The topological polar surface area (TPSA) is 75.7 Å². The summed E-state index contributed by atoms with van der Waals surface area (Å²) in [6.45, 7) is 0.675. The van der Waals surface area contributed by atoms with Gasteiger partial charge in [-0.05, 0) is 35.4 Å². The number of nitrogens with zero attached hydrogens (tertiary/aromatic N) is 1. The monoisotopic (exact) mass is 481 g/mol. The van der Waals surface area contributed by atoms with Gasteiger partial charge in [-0.2, -0.15) is 0 Å². The molecule has 1 amide bonds. The smallest absolute Gasteiger partial charge is 0.254 e. The number of ether oxygens (including phenoxy) is 6. The van der Waals surface area contributed by atoms with Crippen LogP contribution in [0.5, 0.6) is 34.5 Å². The second-order valence-electron chi connectivity index (χ2n) is 7.59. The van der Waals surface area contributed by atoms with Crippen molar-refractivity contribution in [1.29, 1.82) is 0 Å². The Morgan fingerprint density at radius 2 is 1.03 bits per heavy atom. The van der Waals surface area contributed by atoms with E-state index in [0.717, 1.165) is 11.1 Å². The molecule has 0 aliphatic carbocycles. The average Bonchev–Trinajstić information content (AvgIpc) is 2.91. The molecule has 0 unspecified atom stereocenters. The largest absolute Gasteiger partial charge is 0.493 e. The molecule has 0 saturated heterocycles. The molecule has 0 aliphatic rings. The molecule has 0 radical (unpaired) electrons. The summed E-state index contributed by atoms with van der Waals surface area (Å²) in [5.41, 5.74) is 2.21. The molecule has 3 aromatic rings. The zero-order valence-electron chi connectivity index (χ0n) is 20.9. The van der Waals surface area contributed by atoms with Gasteiger partial charge in [0.15, 0.2) is 23.0 Å². The molecule has 0 aromatic heterocycles. The lowest BCUT2D eigenvalue weighted by Crippen LogP contribution is -2.30. The van der Waals surface area contributed by atoms with Crippen molar-refractivity contribution in [3.8, 4) is 34.5 Å². The highest BCUT2D eigenvalue weighted by Crippen LogP contribution is 2.40. The SMILES string of the molecule is COc1cc(CN(Cc2ccccc2)C(=O)c2cc(OC)c(OC)c(OC)c2)cc(OC)c1OC. The van der Waals surface area contributed by atoms with Gasteiger partial charge < -0.3 is 33.3 Å². The lowest BCUT2D eigenvalue weighted by molar-refractivity contribution is 0.0728. The van der Waals surface area contributed by atoms with Crippen LogP contribution < -0.4 is 28.4 Å². The minimum Gasteiger partial charge on any atom is -0.493 e. The van der Waals surface area contributed by atoms with Crippen LogP contribution in [0.25, 0.3) is 0 Å². The standard InChI is InChI=1S/C27H31NO7/c1-30-21-12-19(13-22(31-2)25(21)34-5)17-28(16-18-10-8-7-9-11-18)27(29)20-14-23(32-3)26(35-6)24(15-20)33-4/h7-15H,16-17H2,1-6H3. The molecule has 0 bridgehead atoms. The first kappa shape index (κ1) is 25.6. The van der Waals surface area contributed by atoms with Crippen molar-refractivity contribution in [2.45, 2.75) is 13.1 Å². The second kappa shape index (κ2) is 11.9. The summed E-state index contributed by atoms with van der Waals surface area (Å²) in [7, 11) is 9.23. The van der Waals surface area contributed by atoms with Gasteiger partial charge in [-0.25, -0.2) is 0 Å². The van der Waals surface area contributed by atoms with Gasteiger partial charge in [-0.1, -0.05) is 30.3 Å². The van der Waals surface area contributed by atoms with Crippen LogP contribution in [0.4, 0.5) is 0 Å². The Hall–Kier alpha value is -4.07. The molecule has 0 fully saturated rings. The van der Waals surface area contributed by atoms with Crippen molar-refractivity contribution < 1.29 is 33.2 Å². The van der Waals surface area contributed by atoms with Crippen LogP contribution in [0.15, 0.2) is 54.6 Å². The number of hydrogen-bond donors (Lipinski definition) is 0. The van der Waals surface area contributed by atoms with Crippen molar-refractivity contribution in [3.63, 3.8) is 0 Å². The zero-order chi connectivity index (χ0) is 25.4. The highest BCUT2D eigenvalue weighted by Gasteiger charge is 2.23. The van der Waals surface area contributed by atoms with E-state index in [4.69, 9.17) is 28.4 Å². The first-order chi connectivity index (χ1) is 17.0. The molecule has 8 nitrogen and oxygen atoms in total. The summed E-state index contributed by atoms with van der Waals surface area (Å²) >= 11 is 0. The second-order valence-corrected chi connectivity index (χ2v) is 7.59. The maximum absolute atomic E-state index is 13.8. The Morgan fingerprint density at radius 1 is 0.600 bits per heavy atom. The number of amides is 1. The molecule has 0 atom stereocenters. The number of carbonyl (C=O) groups is 1. The summed E-state index contributed by atoms with van der Waals surface area (Å²) in [6, 6.07) is 16.7. The van der Waals surface area contributed by atoms with Crippen LogP contribution in [0.2, 0.25) is 0 Å². The predicted molar refractivity (Wildman–Crippen MR) is 132 cm³/mol. The van der Waals surface area contributed by atoms with Crippen LogP contribution in [-0.4, -0.2) is 53.5 Å². The first-order valence-electron chi connectivity index (χ1n) is 10.9. The van der Waals surface area contributed by atoms with Crippen LogP contribution >= 0.6 is 0 Å². The summed E-state index contributed by atoms with van der Waals surface area (Å²) in [6.07, 6.45) is 0.